The molecule has 0 saturated heterocycles. The van der Waals surface area contributed by atoms with E-state index in [0.717, 1.165) is 24.8 Å². The highest BCUT2D eigenvalue weighted by Crippen LogP contribution is 2.38. The fourth-order valence-corrected chi connectivity index (χ4v) is 4.38. The van der Waals surface area contributed by atoms with Crippen LogP contribution < -0.4 is 16.0 Å². The van der Waals surface area contributed by atoms with E-state index in [0.29, 0.717) is 24.2 Å². The Morgan fingerprint density at radius 3 is 2.50 bits per heavy atom. The fraction of sp³-hybridized carbons (Fsp3) is 0.348. The van der Waals surface area contributed by atoms with Gasteiger partial charge in [0.2, 0.25) is 11.9 Å². The highest BCUT2D eigenvalue weighted by Gasteiger charge is 2.48. The quantitative estimate of drug-likeness (QED) is 0.617. The molecule has 0 radical (unpaired) electrons. The van der Waals surface area contributed by atoms with Gasteiger partial charge in [0.25, 0.3) is 5.91 Å². The minimum atomic E-state index is -1.03. The number of hydrogen-bond donors (Lipinski definition) is 2. The second-order valence-corrected chi connectivity index (χ2v) is 8.18. The van der Waals surface area contributed by atoms with E-state index < -0.39 is 5.54 Å². The Bertz CT molecular complexity index is 1090. The van der Waals surface area contributed by atoms with Gasteiger partial charge >= 0.3 is 0 Å². The first-order chi connectivity index (χ1) is 15.5. The van der Waals surface area contributed by atoms with Gasteiger partial charge in [-0.15, -0.1) is 0 Å². The molecule has 166 valence electrons. The number of amides is 2. The first-order valence-electron chi connectivity index (χ1n) is 10.8. The van der Waals surface area contributed by atoms with Crippen LogP contribution in [0.1, 0.15) is 37.7 Å². The number of rotatable bonds is 6. The van der Waals surface area contributed by atoms with Crippen LogP contribution in [0.3, 0.4) is 0 Å². The van der Waals surface area contributed by atoms with Crippen LogP contribution in [0.5, 0.6) is 0 Å². The van der Waals surface area contributed by atoms with Crippen molar-refractivity contribution < 1.29 is 9.59 Å². The molecule has 3 aromatic rings. The number of nitrogens with zero attached hydrogens (tertiary/aromatic N) is 5. The van der Waals surface area contributed by atoms with Gasteiger partial charge in [-0.25, -0.2) is 4.68 Å². The number of carbonyl (C=O) groups excluding carboxylic acids is 2. The maximum absolute atomic E-state index is 13.8. The van der Waals surface area contributed by atoms with Gasteiger partial charge in [-0.3, -0.25) is 14.5 Å². The van der Waals surface area contributed by atoms with E-state index in [1.54, 1.807) is 4.90 Å². The van der Waals surface area contributed by atoms with Crippen molar-refractivity contribution in [3.63, 3.8) is 0 Å². The van der Waals surface area contributed by atoms with Crippen LogP contribution in [0.2, 0.25) is 0 Å². The number of nitrogens with two attached hydrogens (primary N) is 1. The number of para-hydroxylation sites is 1. The summed E-state index contributed by atoms with van der Waals surface area (Å²) in [5.74, 6) is -0.434. The van der Waals surface area contributed by atoms with E-state index in [2.05, 4.69) is 20.8 Å². The van der Waals surface area contributed by atoms with Gasteiger partial charge in [-0.1, -0.05) is 54.7 Å². The maximum Gasteiger partial charge on any atom is 0.250 e. The summed E-state index contributed by atoms with van der Waals surface area (Å²) in [6.07, 6.45) is 3.86. The van der Waals surface area contributed by atoms with Gasteiger partial charge in [0, 0.05) is 11.4 Å². The Morgan fingerprint density at radius 2 is 1.84 bits per heavy atom. The van der Waals surface area contributed by atoms with Crippen molar-refractivity contribution in [2.24, 2.45) is 0 Å². The molecule has 1 aliphatic carbocycles. The van der Waals surface area contributed by atoms with Gasteiger partial charge in [0.1, 0.15) is 12.1 Å². The summed E-state index contributed by atoms with van der Waals surface area (Å²) < 4.78 is 1.25. The van der Waals surface area contributed by atoms with Crippen LogP contribution in [-0.4, -0.2) is 37.6 Å². The Hall–Kier alpha value is -3.75. The summed E-state index contributed by atoms with van der Waals surface area (Å²) in [6.45, 7) is 1.80. The normalized spacial score (nSPS) is 15.2. The number of carbonyl (C=O) groups is 2. The SMILES string of the molecule is Cc1cccc(N(C(=O)Cn2nnnc2N)C2(C(=O)Nc3ccccc3)CCCCC2)c1. The number of nitrogen functional groups attached to an aromatic ring is 1. The fourth-order valence-electron chi connectivity index (χ4n) is 4.38. The monoisotopic (exact) mass is 433 g/mol. The molecule has 2 aromatic carbocycles. The summed E-state index contributed by atoms with van der Waals surface area (Å²) in [7, 11) is 0. The minimum Gasteiger partial charge on any atom is -0.367 e. The van der Waals surface area contributed by atoms with Crippen LogP contribution in [0, 0.1) is 6.92 Å². The van der Waals surface area contributed by atoms with Crippen LogP contribution in [0.15, 0.2) is 54.6 Å². The average Bonchev–Trinajstić information content (AvgIpc) is 3.19. The lowest BCUT2D eigenvalue weighted by Gasteiger charge is -2.45. The number of tetrazole rings is 1. The summed E-state index contributed by atoms with van der Waals surface area (Å²) >= 11 is 0. The Morgan fingerprint density at radius 1 is 1.09 bits per heavy atom. The standard InChI is InChI=1S/C23H27N7O2/c1-17-9-8-12-19(15-17)30(20(31)16-29-22(24)26-27-28-29)23(13-6-3-7-14-23)21(32)25-18-10-4-2-5-11-18/h2,4-5,8-12,15H,3,6-7,13-14,16H2,1H3,(H,25,32)(H2,24,26,28). The molecule has 1 aliphatic rings. The third-order valence-corrected chi connectivity index (χ3v) is 5.92. The molecule has 4 rings (SSSR count). The van der Waals surface area contributed by atoms with E-state index >= 15 is 0 Å². The smallest absolute Gasteiger partial charge is 0.250 e. The van der Waals surface area contributed by atoms with Crippen LogP contribution in [0.4, 0.5) is 17.3 Å². The number of aromatic nitrogens is 4. The van der Waals surface area contributed by atoms with E-state index in [1.165, 1.54) is 4.68 Å². The molecule has 1 fully saturated rings. The zero-order valence-corrected chi connectivity index (χ0v) is 18.1. The predicted molar refractivity (Wildman–Crippen MR) is 122 cm³/mol. The second-order valence-electron chi connectivity index (χ2n) is 8.18. The van der Waals surface area contributed by atoms with Crippen molar-refractivity contribution in [2.45, 2.75) is 51.1 Å². The third kappa shape index (κ3) is 4.32. The van der Waals surface area contributed by atoms with Crippen molar-refractivity contribution in [2.75, 3.05) is 16.0 Å². The summed E-state index contributed by atoms with van der Waals surface area (Å²) in [4.78, 5) is 29.1. The molecule has 9 heteroatoms. The van der Waals surface area contributed by atoms with Crippen LogP contribution in [0.25, 0.3) is 0 Å². The topological polar surface area (TPSA) is 119 Å². The minimum absolute atomic E-state index is 0.0500. The molecule has 32 heavy (non-hydrogen) atoms. The Labute approximate surface area is 186 Å². The number of aryl methyl sites for hydroxylation is 1. The second kappa shape index (κ2) is 9.17. The van der Waals surface area contributed by atoms with Crippen molar-refractivity contribution in [1.82, 2.24) is 20.2 Å². The lowest BCUT2D eigenvalue weighted by atomic mass is 9.78. The highest BCUT2D eigenvalue weighted by atomic mass is 16.2. The van der Waals surface area contributed by atoms with Crippen LogP contribution in [-0.2, 0) is 16.1 Å². The van der Waals surface area contributed by atoms with Crippen molar-refractivity contribution in [3.8, 4) is 0 Å². The van der Waals surface area contributed by atoms with Crippen LogP contribution >= 0.6 is 0 Å². The molecule has 3 N–H and O–H groups in total. The molecule has 9 nitrogen and oxygen atoms in total. The zero-order chi connectivity index (χ0) is 22.6. The molecule has 1 heterocycles. The van der Waals surface area contributed by atoms with Gasteiger partial charge in [0.05, 0.1) is 0 Å². The number of hydrogen-bond acceptors (Lipinski definition) is 6. The van der Waals surface area contributed by atoms with Gasteiger partial charge < -0.3 is 11.1 Å². The Balaban J connectivity index is 1.76. The van der Waals surface area contributed by atoms with Gasteiger partial charge in [-0.2, -0.15) is 0 Å². The number of anilines is 3. The van der Waals surface area contributed by atoms with Crippen molar-refractivity contribution >= 4 is 29.1 Å². The number of benzene rings is 2. The summed E-state index contributed by atoms with van der Waals surface area (Å²) in [5.41, 5.74) is 7.14. The molecular formula is C23H27N7O2. The summed E-state index contributed by atoms with van der Waals surface area (Å²) in [6, 6.07) is 17.0. The average molecular weight is 434 g/mol. The largest absolute Gasteiger partial charge is 0.367 e. The van der Waals surface area contributed by atoms with Gasteiger partial charge in [-0.05, 0) is 60.0 Å². The predicted octanol–water partition coefficient (Wildman–Crippen LogP) is 2.94. The maximum atomic E-state index is 13.8. The Kier molecular flexibility index (Phi) is 6.16. The molecule has 1 aromatic heterocycles. The molecule has 1 saturated carbocycles. The van der Waals surface area contributed by atoms with E-state index in [1.807, 2.05) is 61.5 Å². The lowest BCUT2D eigenvalue weighted by Crippen LogP contribution is -2.61. The van der Waals surface area contributed by atoms with Crippen molar-refractivity contribution in [3.05, 3.63) is 60.2 Å². The van der Waals surface area contributed by atoms with E-state index in [4.69, 9.17) is 5.73 Å². The summed E-state index contributed by atoms with van der Waals surface area (Å²) in [5, 5.41) is 14.0. The van der Waals surface area contributed by atoms with E-state index in [9.17, 15) is 9.59 Å². The first-order valence-corrected chi connectivity index (χ1v) is 10.8. The van der Waals surface area contributed by atoms with E-state index in [-0.39, 0.29) is 24.3 Å². The van der Waals surface area contributed by atoms with Gasteiger partial charge in [0.15, 0.2) is 0 Å². The molecule has 2 amide bonds. The van der Waals surface area contributed by atoms with Crippen molar-refractivity contribution in [1.29, 1.82) is 0 Å². The molecule has 0 aliphatic heterocycles. The molecule has 0 unspecified atom stereocenters. The first kappa shape index (κ1) is 21.5. The molecular weight excluding hydrogens is 406 g/mol. The zero-order valence-electron chi connectivity index (χ0n) is 18.1. The number of nitrogens with one attached hydrogen (secondary N) is 1. The lowest BCUT2D eigenvalue weighted by molar-refractivity contribution is -0.128. The third-order valence-electron chi connectivity index (χ3n) is 5.92. The highest BCUT2D eigenvalue weighted by molar-refractivity contribution is 6.08. The molecule has 0 atom stereocenters. The molecule has 0 bridgehead atoms. The molecule has 0 spiro atoms.